The molecule has 2 N–H and O–H groups in total. The highest BCUT2D eigenvalue weighted by Crippen LogP contribution is 2.08. The Morgan fingerprint density at radius 3 is 2.33 bits per heavy atom. The van der Waals surface area contributed by atoms with Gasteiger partial charge in [0.2, 0.25) is 0 Å². The van der Waals surface area contributed by atoms with Crippen LogP contribution < -0.4 is 5.73 Å². The summed E-state index contributed by atoms with van der Waals surface area (Å²) in [5, 5.41) is 0. The lowest BCUT2D eigenvalue weighted by atomic mass is 10.1. The summed E-state index contributed by atoms with van der Waals surface area (Å²) in [6.07, 6.45) is 3.41. The van der Waals surface area contributed by atoms with Crippen LogP contribution in [0.1, 0.15) is 20.8 Å². The van der Waals surface area contributed by atoms with Crippen molar-refractivity contribution < 1.29 is 9.53 Å². The molecule has 1 rings (SSSR count). The molecule has 0 saturated carbocycles. The van der Waals surface area contributed by atoms with Gasteiger partial charge in [-0.25, -0.2) is 4.79 Å². The predicted molar refractivity (Wildman–Crippen MR) is 85.9 cm³/mol. The predicted octanol–water partition coefficient (Wildman–Crippen LogP) is 2.13. The smallest absolute Gasteiger partial charge is 0.410 e. The van der Waals surface area contributed by atoms with Gasteiger partial charge < -0.3 is 20.3 Å². The van der Waals surface area contributed by atoms with E-state index in [2.05, 4.69) is 18.4 Å². The second-order valence-electron chi connectivity index (χ2n) is 5.43. The molecule has 1 aliphatic heterocycles. The minimum atomic E-state index is -0.263. The van der Waals surface area contributed by atoms with Gasteiger partial charge >= 0.3 is 6.09 Å². The molecule has 0 radical (unpaired) electrons. The summed E-state index contributed by atoms with van der Waals surface area (Å²) in [7, 11) is 0. The Morgan fingerprint density at radius 1 is 1.24 bits per heavy atom. The molecule has 0 aromatic carbocycles. The first-order valence-corrected chi connectivity index (χ1v) is 7.36. The van der Waals surface area contributed by atoms with Gasteiger partial charge in [-0.3, -0.25) is 0 Å². The van der Waals surface area contributed by atoms with E-state index in [1.165, 1.54) is 0 Å². The Hall–Kier alpha value is -1.75. The number of hydrogen-bond acceptors (Lipinski definition) is 4. The largest absolute Gasteiger partial charge is 0.445 e. The molecular formula is C16H27N3O2. The van der Waals surface area contributed by atoms with Crippen LogP contribution in [0.25, 0.3) is 0 Å². The third kappa shape index (κ3) is 6.49. The third-order valence-corrected chi connectivity index (χ3v) is 3.28. The average Bonchev–Trinajstić information content (AvgIpc) is 2.43. The Labute approximate surface area is 127 Å². The number of ether oxygens (including phenoxy) is 1. The van der Waals surface area contributed by atoms with Crippen molar-refractivity contribution in [1.82, 2.24) is 9.80 Å². The molecule has 0 spiro atoms. The van der Waals surface area contributed by atoms with Gasteiger partial charge in [-0.05, 0) is 32.0 Å². The maximum absolute atomic E-state index is 12.1. The summed E-state index contributed by atoms with van der Waals surface area (Å²) in [4.78, 5) is 16.1. The first-order chi connectivity index (χ1) is 9.92. The topological polar surface area (TPSA) is 58.8 Å². The van der Waals surface area contributed by atoms with Crippen molar-refractivity contribution in [2.75, 3.05) is 39.3 Å². The van der Waals surface area contributed by atoms with Crippen molar-refractivity contribution in [2.45, 2.75) is 20.8 Å². The SMILES string of the molecule is C=C(C)/C=C(\C=C(\C)N)COC(=O)N1CCN(CC)CC1. The first-order valence-electron chi connectivity index (χ1n) is 7.36. The summed E-state index contributed by atoms with van der Waals surface area (Å²) in [5.41, 5.74) is 8.11. The molecule has 1 saturated heterocycles. The van der Waals surface area contributed by atoms with E-state index >= 15 is 0 Å². The zero-order valence-corrected chi connectivity index (χ0v) is 13.4. The number of carbonyl (C=O) groups is 1. The molecule has 0 unspecified atom stereocenters. The highest BCUT2D eigenvalue weighted by Gasteiger charge is 2.21. The molecule has 1 fully saturated rings. The third-order valence-electron chi connectivity index (χ3n) is 3.28. The molecule has 0 bridgehead atoms. The molecule has 1 heterocycles. The lowest BCUT2D eigenvalue weighted by Gasteiger charge is -2.33. The van der Waals surface area contributed by atoms with Gasteiger partial charge in [-0.15, -0.1) is 0 Å². The van der Waals surface area contributed by atoms with E-state index in [0.717, 1.165) is 43.9 Å². The van der Waals surface area contributed by atoms with Crippen molar-refractivity contribution in [3.05, 3.63) is 35.6 Å². The minimum absolute atomic E-state index is 0.216. The van der Waals surface area contributed by atoms with Gasteiger partial charge in [-0.2, -0.15) is 0 Å². The van der Waals surface area contributed by atoms with Crippen LogP contribution in [-0.2, 0) is 4.74 Å². The van der Waals surface area contributed by atoms with Crippen LogP contribution >= 0.6 is 0 Å². The summed E-state index contributed by atoms with van der Waals surface area (Å²) >= 11 is 0. The molecule has 1 aliphatic rings. The number of hydrogen-bond donors (Lipinski definition) is 1. The van der Waals surface area contributed by atoms with Crippen molar-refractivity contribution in [2.24, 2.45) is 5.73 Å². The molecule has 1 amide bonds. The number of nitrogens with two attached hydrogens (primary N) is 1. The molecule has 5 nitrogen and oxygen atoms in total. The molecule has 0 aromatic heterocycles. The van der Waals surface area contributed by atoms with Crippen LogP contribution in [-0.4, -0.2) is 55.2 Å². The van der Waals surface area contributed by atoms with E-state index < -0.39 is 0 Å². The fourth-order valence-corrected chi connectivity index (χ4v) is 2.22. The monoisotopic (exact) mass is 293 g/mol. The number of nitrogens with zero attached hydrogens (tertiary/aromatic N) is 2. The van der Waals surface area contributed by atoms with Crippen molar-refractivity contribution in [3.8, 4) is 0 Å². The van der Waals surface area contributed by atoms with E-state index in [1.54, 1.807) is 17.9 Å². The van der Waals surface area contributed by atoms with E-state index in [9.17, 15) is 4.79 Å². The van der Waals surface area contributed by atoms with Gasteiger partial charge in [0.25, 0.3) is 0 Å². The van der Waals surface area contributed by atoms with Crippen LogP contribution in [0.4, 0.5) is 4.79 Å². The van der Waals surface area contributed by atoms with Crippen molar-refractivity contribution >= 4 is 6.09 Å². The Morgan fingerprint density at radius 2 is 1.86 bits per heavy atom. The van der Waals surface area contributed by atoms with Gasteiger partial charge in [0.15, 0.2) is 0 Å². The Balaban J connectivity index is 2.51. The maximum atomic E-state index is 12.1. The van der Waals surface area contributed by atoms with Crippen LogP contribution in [0.5, 0.6) is 0 Å². The average molecular weight is 293 g/mol. The molecule has 0 aliphatic carbocycles. The second-order valence-corrected chi connectivity index (χ2v) is 5.43. The fraction of sp³-hybridized carbons (Fsp3) is 0.562. The molecule has 0 aromatic rings. The lowest BCUT2D eigenvalue weighted by molar-refractivity contribution is 0.0836. The van der Waals surface area contributed by atoms with E-state index in [-0.39, 0.29) is 12.7 Å². The van der Waals surface area contributed by atoms with Gasteiger partial charge in [0, 0.05) is 31.9 Å². The van der Waals surface area contributed by atoms with Crippen LogP contribution in [0, 0.1) is 0 Å². The zero-order chi connectivity index (χ0) is 15.8. The lowest BCUT2D eigenvalue weighted by Crippen LogP contribution is -2.48. The summed E-state index contributed by atoms with van der Waals surface area (Å²) < 4.78 is 5.37. The minimum Gasteiger partial charge on any atom is -0.445 e. The van der Waals surface area contributed by atoms with E-state index in [4.69, 9.17) is 10.5 Å². The number of likely N-dealkylation sites (N-methyl/N-ethyl adjacent to an activating group) is 1. The molecule has 5 heteroatoms. The van der Waals surface area contributed by atoms with Crippen molar-refractivity contribution in [1.29, 1.82) is 0 Å². The number of rotatable bonds is 5. The molecule has 0 atom stereocenters. The standard InChI is InChI=1S/C16H27N3O2/c1-5-18-6-8-19(9-7-18)16(20)21-12-15(10-13(2)3)11-14(4)17/h10-11H,2,5-9,12,17H2,1,3-4H3/b14-11-,15-10+. The van der Waals surface area contributed by atoms with Gasteiger partial charge in [-0.1, -0.05) is 25.2 Å². The number of allylic oxidation sites excluding steroid dienone is 3. The van der Waals surface area contributed by atoms with E-state index in [0.29, 0.717) is 5.70 Å². The van der Waals surface area contributed by atoms with Gasteiger partial charge in [0.05, 0.1) is 0 Å². The normalized spacial score (nSPS) is 17.8. The Kier molecular flexibility index (Phi) is 7.02. The number of carbonyl (C=O) groups excluding carboxylic acids is 1. The van der Waals surface area contributed by atoms with Crippen LogP contribution in [0.3, 0.4) is 0 Å². The maximum Gasteiger partial charge on any atom is 0.410 e. The highest BCUT2D eigenvalue weighted by atomic mass is 16.6. The summed E-state index contributed by atoms with van der Waals surface area (Å²) in [5.74, 6) is 0. The fourth-order valence-electron chi connectivity index (χ4n) is 2.22. The summed E-state index contributed by atoms with van der Waals surface area (Å²) in [6.45, 7) is 14.2. The Bertz CT molecular complexity index is 429. The second kappa shape index (κ2) is 8.52. The highest BCUT2D eigenvalue weighted by molar-refractivity contribution is 5.68. The molecule has 118 valence electrons. The zero-order valence-electron chi connectivity index (χ0n) is 13.4. The van der Waals surface area contributed by atoms with Crippen LogP contribution in [0.15, 0.2) is 35.6 Å². The molecular weight excluding hydrogens is 266 g/mol. The summed E-state index contributed by atoms with van der Waals surface area (Å²) in [6, 6.07) is 0. The quantitative estimate of drug-likeness (QED) is 0.789. The number of amides is 1. The van der Waals surface area contributed by atoms with Gasteiger partial charge in [0.1, 0.15) is 6.61 Å². The first kappa shape index (κ1) is 17.3. The molecule has 21 heavy (non-hydrogen) atoms. The van der Waals surface area contributed by atoms with Crippen molar-refractivity contribution in [3.63, 3.8) is 0 Å². The van der Waals surface area contributed by atoms with E-state index in [1.807, 2.05) is 13.0 Å². The number of piperazine rings is 1. The van der Waals surface area contributed by atoms with Crippen LogP contribution in [0.2, 0.25) is 0 Å².